The molecule has 0 aliphatic heterocycles. The highest BCUT2D eigenvalue weighted by molar-refractivity contribution is 6.12. The molecule has 2 aromatic heterocycles. The van der Waals surface area contributed by atoms with E-state index in [4.69, 9.17) is 4.74 Å². The maximum absolute atomic E-state index is 12.8. The zero-order valence-corrected chi connectivity index (χ0v) is 15.6. The van der Waals surface area contributed by atoms with Gasteiger partial charge in [0.05, 0.1) is 35.9 Å². The number of pyridine rings is 1. The van der Waals surface area contributed by atoms with Crippen molar-refractivity contribution in [3.63, 3.8) is 0 Å². The number of aromatic nitrogens is 3. The van der Waals surface area contributed by atoms with E-state index in [1.165, 1.54) is 17.0 Å². The summed E-state index contributed by atoms with van der Waals surface area (Å²) in [5.74, 6) is -0.435. The number of hydrogen-bond donors (Lipinski definition) is 2. The van der Waals surface area contributed by atoms with Crippen LogP contribution < -0.4 is 16.4 Å². The summed E-state index contributed by atoms with van der Waals surface area (Å²) in [4.78, 5) is 44.4. The lowest BCUT2D eigenvalue weighted by molar-refractivity contribution is 0.102. The van der Waals surface area contributed by atoms with Crippen LogP contribution in [0.4, 0.5) is 5.69 Å². The van der Waals surface area contributed by atoms with Crippen LogP contribution in [0.2, 0.25) is 0 Å². The third kappa shape index (κ3) is 3.65. The molecule has 2 aromatic carbocycles. The first kappa shape index (κ1) is 18.6. The number of nitrogens with one attached hydrogen (secondary N) is 2. The summed E-state index contributed by atoms with van der Waals surface area (Å²) < 4.78 is 6.47. The highest BCUT2D eigenvalue weighted by Crippen LogP contribution is 2.18. The molecule has 8 heteroatoms. The number of nitrogens with zero attached hydrogens (tertiary/aromatic N) is 2. The van der Waals surface area contributed by atoms with Crippen molar-refractivity contribution in [2.24, 2.45) is 0 Å². The maximum atomic E-state index is 12.8. The average molecular weight is 390 g/mol. The Morgan fingerprint density at radius 3 is 2.79 bits per heavy atom. The van der Waals surface area contributed by atoms with Gasteiger partial charge in [0.15, 0.2) is 0 Å². The van der Waals surface area contributed by atoms with Crippen molar-refractivity contribution in [2.75, 3.05) is 19.0 Å². The predicted molar refractivity (Wildman–Crippen MR) is 110 cm³/mol. The summed E-state index contributed by atoms with van der Waals surface area (Å²) in [6.45, 7) is 0.771. The molecule has 0 saturated heterocycles. The Hall–Kier alpha value is -3.78. The Balaban J connectivity index is 1.71. The zero-order valence-electron chi connectivity index (χ0n) is 15.6. The SMILES string of the molecule is COCCn1cnc2ccc(NC(=O)c3cc(=O)[nH]c4ccccc34)cc2c1=O. The summed E-state index contributed by atoms with van der Waals surface area (Å²) in [5, 5.41) is 3.79. The van der Waals surface area contributed by atoms with Crippen LogP contribution in [-0.4, -0.2) is 34.2 Å². The number of ether oxygens (including phenoxy) is 1. The first-order valence-electron chi connectivity index (χ1n) is 8.98. The Labute approximate surface area is 164 Å². The number of carbonyl (C=O) groups is 1. The van der Waals surface area contributed by atoms with Gasteiger partial charge in [-0.05, 0) is 24.3 Å². The van der Waals surface area contributed by atoms with Crippen LogP contribution in [0.1, 0.15) is 10.4 Å². The summed E-state index contributed by atoms with van der Waals surface area (Å²) >= 11 is 0. The average Bonchev–Trinajstić information content (AvgIpc) is 2.73. The molecule has 2 heterocycles. The number of methoxy groups -OCH3 is 1. The lowest BCUT2D eigenvalue weighted by atomic mass is 10.1. The van der Waals surface area contributed by atoms with Gasteiger partial charge in [-0.15, -0.1) is 0 Å². The minimum Gasteiger partial charge on any atom is -0.383 e. The summed E-state index contributed by atoms with van der Waals surface area (Å²) in [6.07, 6.45) is 1.48. The van der Waals surface area contributed by atoms with Crippen molar-refractivity contribution >= 4 is 33.4 Å². The maximum Gasteiger partial charge on any atom is 0.261 e. The first-order valence-corrected chi connectivity index (χ1v) is 8.98. The van der Waals surface area contributed by atoms with Crippen LogP contribution >= 0.6 is 0 Å². The Morgan fingerprint density at radius 2 is 1.97 bits per heavy atom. The van der Waals surface area contributed by atoms with Crippen molar-refractivity contribution in [1.82, 2.24) is 14.5 Å². The molecule has 0 aliphatic rings. The highest BCUT2D eigenvalue weighted by Gasteiger charge is 2.13. The van der Waals surface area contributed by atoms with Gasteiger partial charge in [0, 0.05) is 29.8 Å². The second-order valence-electron chi connectivity index (χ2n) is 6.51. The molecule has 0 unspecified atom stereocenters. The van der Waals surface area contributed by atoms with E-state index in [1.807, 2.05) is 0 Å². The van der Waals surface area contributed by atoms with Gasteiger partial charge in [-0.2, -0.15) is 0 Å². The highest BCUT2D eigenvalue weighted by atomic mass is 16.5. The van der Waals surface area contributed by atoms with E-state index in [0.717, 1.165) is 0 Å². The second kappa shape index (κ2) is 7.69. The number of benzene rings is 2. The lowest BCUT2D eigenvalue weighted by Crippen LogP contribution is -2.23. The molecule has 2 N–H and O–H groups in total. The van der Waals surface area contributed by atoms with Gasteiger partial charge in [-0.25, -0.2) is 4.98 Å². The third-order valence-electron chi connectivity index (χ3n) is 4.61. The predicted octanol–water partition coefficient (Wildman–Crippen LogP) is 2.14. The molecule has 0 atom stereocenters. The molecule has 4 aromatic rings. The van der Waals surface area contributed by atoms with Gasteiger partial charge in [0.25, 0.3) is 11.5 Å². The van der Waals surface area contributed by atoms with E-state index in [1.54, 1.807) is 49.6 Å². The normalized spacial score (nSPS) is 11.1. The third-order valence-corrected chi connectivity index (χ3v) is 4.61. The molecular formula is C21H18N4O4. The minimum atomic E-state index is -0.435. The summed E-state index contributed by atoms with van der Waals surface area (Å²) in [7, 11) is 1.56. The molecule has 0 radical (unpaired) electrons. The largest absolute Gasteiger partial charge is 0.383 e. The second-order valence-corrected chi connectivity index (χ2v) is 6.51. The van der Waals surface area contributed by atoms with Gasteiger partial charge in [-0.1, -0.05) is 18.2 Å². The van der Waals surface area contributed by atoms with Crippen molar-refractivity contribution in [3.05, 3.63) is 81.1 Å². The number of H-pyrrole nitrogens is 1. The van der Waals surface area contributed by atoms with E-state index in [9.17, 15) is 14.4 Å². The number of hydrogen-bond acceptors (Lipinski definition) is 5. The van der Waals surface area contributed by atoms with Crippen LogP contribution in [0.5, 0.6) is 0 Å². The number of fused-ring (bicyclic) bond motifs is 2. The van der Waals surface area contributed by atoms with E-state index >= 15 is 0 Å². The number of anilines is 1. The number of rotatable bonds is 5. The molecule has 0 fully saturated rings. The van der Waals surface area contributed by atoms with Crippen LogP contribution in [0, 0.1) is 0 Å². The fraction of sp³-hybridized carbons (Fsp3) is 0.143. The minimum absolute atomic E-state index is 0.218. The molecule has 0 saturated carbocycles. The van der Waals surface area contributed by atoms with E-state index < -0.39 is 5.91 Å². The van der Waals surface area contributed by atoms with E-state index in [0.29, 0.717) is 40.6 Å². The van der Waals surface area contributed by atoms with Gasteiger partial charge in [-0.3, -0.25) is 19.0 Å². The first-order chi connectivity index (χ1) is 14.1. The smallest absolute Gasteiger partial charge is 0.261 e. The fourth-order valence-electron chi connectivity index (χ4n) is 3.18. The number of carbonyl (C=O) groups excluding carboxylic acids is 1. The summed E-state index contributed by atoms with van der Waals surface area (Å²) in [5.41, 5.74) is 1.22. The molecular weight excluding hydrogens is 372 g/mol. The standard InChI is InChI=1S/C21H18N4O4/c1-29-9-8-25-12-22-17-7-6-13(10-16(17)21(25)28)23-20(27)15-11-19(26)24-18-5-3-2-4-14(15)18/h2-7,10-12H,8-9H2,1H3,(H,23,27)(H,24,26). The Bertz CT molecular complexity index is 1340. The molecule has 0 aliphatic carbocycles. The number of para-hydroxylation sites is 1. The van der Waals surface area contributed by atoms with Crippen molar-refractivity contribution in [2.45, 2.75) is 6.54 Å². The monoisotopic (exact) mass is 390 g/mol. The van der Waals surface area contributed by atoms with Crippen molar-refractivity contribution < 1.29 is 9.53 Å². The molecule has 146 valence electrons. The molecule has 29 heavy (non-hydrogen) atoms. The number of aromatic amines is 1. The molecule has 0 spiro atoms. The van der Waals surface area contributed by atoms with Crippen LogP contribution in [0.15, 0.2) is 64.4 Å². The van der Waals surface area contributed by atoms with Crippen molar-refractivity contribution in [3.8, 4) is 0 Å². The quantitative estimate of drug-likeness (QED) is 0.543. The van der Waals surface area contributed by atoms with Gasteiger partial charge < -0.3 is 15.0 Å². The van der Waals surface area contributed by atoms with E-state index in [2.05, 4.69) is 15.3 Å². The zero-order chi connectivity index (χ0) is 20.4. The number of amides is 1. The molecule has 4 rings (SSSR count). The summed E-state index contributed by atoms with van der Waals surface area (Å²) in [6, 6.07) is 13.3. The Kier molecular flexibility index (Phi) is 4.92. The van der Waals surface area contributed by atoms with Crippen LogP contribution in [0.25, 0.3) is 21.8 Å². The lowest BCUT2D eigenvalue weighted by Gasteiger charge is -2.10. The van der Waals surface area contributed by atoms with Crippen LogP contribution in [-0.2, 0) is 11.3 Å². The fourth-order valence-corrected chi connectivity index (χ4v) is 3.18. The van der Waals surface area contributed by atoms with Gasteiger partial charge in [0.1, 0.15) is 0 Å². The molecule has 1 amide bonds. The van der Waals surface area contributed by atoms with Crippen LogP contribution in [0.3, 0.4) is 0 Å². The van der Waals surface area contributed by atoms with E-state index in [-0.39, 0.29) is 16.7 Å². The molecule has 8 nitrogen and oxygen atoms in total. The van der Waals surface area contributed by atoms with Gasteiger partial charge in [0.2, 0.25) is 5.56 Å². The van der Waals surface area contributed by atoms with Gasteiger partial charge >= 0.3 is 0 Å². The molecule has 0 bridgehead atoms. The Morgan fingerprint density at radius 1 is 1.14 bits per heavy atom. The topological polar surface area (TPSA) is 106 Å². The van der Waals surface area contributed by atoms with Crippen molar-refractivity contribution in [1.29, 1.82) is 0 Å².